The van der Waals surface area contributed by atoms with E-state index in [9.17, 15) is 31.1 Å². The molecule has 0 spiro atoms. The van der Waals surface area contributed by atoms with Crippen molar-refractivity contribution in [2.45, 2.75) is 25.8 Å². The molecule has 0 aliphatic carbocycles. The van der Waals surface area contributed by atoms with E-state index >= 15 is 0 Å². The lowest BCUT2D eigenvalue weighted by molar-refractivity contribution is -0.141. The van der Waals surface area contributed by atoms with Crippen molar-refractivity contribution in [1.29, 1.82) is 0 Å². The van der Waals surface area contributed by atoms with Gasteiger partial charge in [0.05, 0.1) is 12.1 Å². The Kier molecular flexibility index (Phi) is 5.19. The van der Waals surface area contributed by atoms with Gasteiger partial charge in [-0.2, -0.15) is 31.4 Å². The molecule has 1 amide bonds. The molecule has 0 aliphatic rings. The molecule has 0 aliphatic heterocycles. The van der Waals surface area contributed by atoms with Crippen LogP contribution in [0.1, 0.15) is 27.2 Å². The largest absolute Gasteiger partial charge is 0.435 e. The van der Waals surface area contributed by atoms with Crippen LogP contribution >= 0.6 is 0 Å². The number of nitrogens with one attached hydrogen (secondary N) is 1. The number of aryl methyl sites for hydroxylation is 1. The van der Waals surface area contributed by atoms with Crippen LogP contribution in [-0.4, -0.2) is 28.4 Å². The Morgan fingerprint density at radius 3 is 2.42 bits per heavy atom. The highest BCUT2D eigenvalue weighted by Crippen LogP contribution is 2.31. The number of nitrogens with zero attached hydrogens (tertiary/aromatic N) is 2. The van der Waals surface area contributed by atoms with Gasteiger partial charge in [-0.1, -0.05) is 12.1 Å². The van der Waals surface area contributed by atoms with Crippen molar-refractivity contribution in [2.75, 3.05) is 12.3 Å². The molecule has 0 atom stereocenters. The smallest absolute Gasteiger partial charge is 0.399 e. The Labute approximate surface area is 143 Å². The highest BCUT2D eigenvalue weighted by molar-refractivity contribution is 5.95. The molecule has 1 heterocycles. The topological polar surface area (TPSA) is 72.9 Å². The lowest BCUT2D eigenvalue weighted by Crippen LogP contribution is -2.34. The summed E-state index contributed by atoms with van der Waals surface area (Å²) in [6.45, 7) is -0.151. The minimum absolute atomic E-state index is 0.114. The highest BCUT2D eigenvalue weighted by Gasteiger charge is 2.40. The van der Waals surface area contributed by atoms with Crippen LogP contribution in [0.25, 0.3) is 0 Å². The fourth-order valence-corrected chi connectivity index (χ4v) is 2.18. The van der Waals surface area contributed by atoms with Crippen molar-refractivity contribution in [3.05, 3.63) is 46.8 Å². The maximum atomic E-state index is 13.1. The molecule has 0 bridgehead atoms. The summed E-state index contributed by atoms with van der Waals surface area (Å²) in [5.74, 6) is -1.51. The van der Waals surface area contributed by atoms with E-state index in [2.05, 4.69) is 5.10 Å². The van der Waals surface area contributed by atoms with Gasteiger partial charge in [0.15, 0.2) is 5.69 Å². The molecule has 1 aromatic carbocycles. The third-order valence-electron chi connectivity index (χ3n) is 3.40. The Balaban J connectivity index is 2.30. The van der Waals surface area contributed by atoms with Crippen LogP contribution in [0.15, 0.2) is 24.4 Å². The summed E-state index contributed by atoms with van der Waals surface area (Å²) in [5, 5.41) is 4.72. The summed E-state index contributed by atoms with van der Waals surface area (Å²) in [6.07, 6.45) is -8.97. The van der Waals surface area contributed by atoms with E-state index in [1.807, 2.05) is 0 Å². The Bertz CT molecular complexity index is 809. The zero-order valence-electron chi connectivity index (χ0n) is 13.4. The van der Waals surface area contributed by atoms with E-state index < -0.39 is 36.1 Å². The second-order valence-electron chi connectivity index (χ2n) is 5.58. The SMILES string of the molecule is Cc1cc(Cn2cc(C(=O)NCC(F)(F)F)c(C(F)(F)F)n2)ccc1N. The number of carbonyl (C=O) groups excluding carboxylic acids is 1. The number of nitrogen functional groups attached to an aromatic ring is 1. The summed E-state index contributed by atoms with van der Waals surface area (Å²) in [5.41, 5.74) is 4.90. The first-order valence-corrected chi connectivity index (χ1v) is 7.21. The van der Waals surface area contributed by atoms with Gasteiger partial charge < -0.3 is 11.1 Å². The molecule has 11 heteroatoms. The molecule has 0 radical (unpaired) electrons. The van der Waals surface area contributed by atoms with Gasteiger partial charge in [-0.15, -0.1) is 0 Å². The molecule has 5 nitrogen and oxygen atoms in total. The van der Waals surface area contributed by atoms with Crippen LogP contribution in [0.3, 0.4) is 0 Å². The van der Waals surface area contributed by atoms with Crippen LogP contribution in [0, 0.1) is 6.92 Å². The summed E-state index contributed by atoms with van der Waals surface area (Å²) < 4.78 is 76.5. The number of anilines is 1. The third kappa shape index (κ3) is 4.90. The maximum Gasteiger partial charge on any atom is 0.435 e. The lowest BCUT2D eigenvalue weighted by atomic mass is 10.1. The summed E-state index contributed by atoms with van der Waals surface area (Å²) in [6, 6.07) is 4.77. The number of amides is 1. The molecule has 2 rings (SSSR count). The van der Waals surface area contributed by atoms with E-state index in [0.29, 0.717) is 16.8 Å². The van der Waals surface area contributed by atoms with E-state index in [1.54, 1.807) is 25.1 Å². The highest BCUT2D eigenvalue weighted by atomic mass is 19.4. The minimum Gasteiger partial charge on any atom is -0.399 e. The number of aromatic nitrogens is 2. The minimum atomic E-state index is -4.99. The van der Waals surface area contributed by atoms with Gasteiger partial charge in [-0.25, -0.2) is 0 Å². The first kappa shape index (κ1) is 19.6. The first-order chi connectivity index (χ1) is 11.9. The van der Waals surface area contributed by atoms with E-state index in [-0.39, 0.29) is 6.54 Å². The Hall–Kier alpha value is -2.72. The van der Waals surface area contributed by atoms with Crippen molar-refractivity contribution in [3.8, 4) is 0 Å². The van der Waals surface area contributed by atoms with Crippen molar-refractivity contribution in [2.24, 2.45) is 0 Å². The fourth-order valence-electron chi connectivity index (χ4n) is 2.18. The second-order valence-corrected chi connectivity index (χ2v) is 5.58. The van der Waals surface area contributed by atoms with Crippen molar-refractivity contribution in [1.82, 2.24) is 15.1 Å². The average Bonchev–Trinajstić information content (AvgIpc) is 2.92. The number of halogens is 6. The van der Waals surface area contributed by atoms with Gasteiger partial charge in [0.2, 0.25) is 0 Å². The average molecular weight is 380 g/mol. The number of rotatable bonds is 4. The van der Waals surface area contributed by atoms with Crippen LogP contribution in [0.2, 0.25) is 0 Å². The lowest BCUT2D eigenvalue weighted by Gasteiger charge is -2.09. The number of alkyl halides is 6. The van der Waals surface area contributed by atoms with Crippen LogP contribution < -0.4 is 11.1 Å². The Morgan fingerprint density at radius 2 is 1.88 bits per heavy atom. The quantitative estimate of drug-likeness (QED) is 0.632. The van der Waals surface area contributed by atoms with Crippen LogP contribution in [0.5, 0.6) is 0 Å². The third-order valence-corrected chi connectivity index (χ3v) is 3.40. The maximum absolute atomic E-state index is 13.1. The number of benzene rings is 1. The summed E-state index contributed by atoms with van der Waals surface area (Å²) >= 11 is 0. The predicted octanol–water partition coefficient (Wildman–Crippen LogP) is 3.13. The molecule has 26 heavy (non-hydrogen) atoms. The Morgan fingerprint density at radius 1 is 1.23 bits per heavy atom. The number of nitrogens with two attached hydrogens (primary N) is 1. The van der Waals surface area contributed by atoms with Crippen LogP contribution in [-0.2, 0) is 12.7 Å². The molecule has 0 saturated carbocycles. The van der Waals surface area contributed by atoms with Crippen molar-refractivity contribution < 1.29 is 31.1 Å². The predicted molar refractivity (Wildman–Crippen MR) is 80.3 cm³/mol. The fraction of sp³-hybridized carbons (Fsp3) is 0.333. The van der Waals surface area contributed by atoms with Gasteiger partial charge in [0, 0.05) is 11.9 Å². The summed E-state index contributed by atoms with van der Waals surface area (Å²) in [4.78, 5) is 11.7. The van der Waals surface area contributed by atoms with Crippen LogP contribution in [0.4, 0.5) is 32.0 Å². The first-order valence-electron chi connectivity index (χ1n) is 7.21. The molecule has 0 unspecified atom stereocenters. The zero-order valence-corrected chi connectivity index (χ0v) is 13.4. The molecule has 1 aromatic heterocycles. The second kappa shape index (κ2) is 6.89. The number of hydrogen-bond donors (Lipinski definition) is 2. The monoisotopic (exact) mass is 380 g/mol. The molecular weight excluding hydrogens is 366 g/mol. The van der Waals surface area contributed by atoms with E-state index in [0.717, 1.165) is 10.9 Å². The molecule has 2 aromatic rings. The van der Waals surface area contributed by atoms with Gasteiger partial charge >= 0.3 is 12.4 Å². The summed E-state index contributed by atoms with van der Waals surface area (Å²) in [7, 11) is 0. The number of hydrogen-bond acceptors (Lipinski definition) is 3. The molecule has 0 saturated heterocycles. The molecule has 142 valence electrons. The van der Waals surface area contributed by atoms with Crippen molar-refractivity contribution >= 4 is 11.6 Å². The van der Waals surface area contributed by atoms with Gasteiger partial charge in [-0.3, -0.25) is 9.48 Å². The van der Waals surface area contributed by atoms with Crippen molar-refractivity contribution in [3.63, 3.8) is 0 Å². The van der Waals surface area contributed by atoms with Gasteiger partial charge in [0.1, 0.15) is 6.54 Å². The van der Waals surface area contributed by atoms with Gasteiger partial charge in [-0.05, 0) is 24.1 Å². The number of carbonyl (C=O) groups is 1. The van der Waals surface area contributed by atoms with E-state index in [1.165, 1.54) is 5.32 Å². The molecular formula is C15H14F6N4O. The standard InChI is InChI=1S/C15H14F6N4O/c1-8-4-9(2-3-11(8)22)5-25-6-10(12(24-25)15(19,20)21)13(26)23-7-14(16,17)18/h2-4,6H,5,7,22H2,1H3,(H,23,26). The zero-order chi connectivity index (χ0) is 19.7. The van der Waals surface area contributed by atoms with E-state index in [4.69, 9.17) is 5.73 Å². The normalized spacial score (nSPS) is 12.3. The molecule has 0 fully saturated rings. The van der Waals surface area contributed by atoms with Gasteiger partial charge in [0.25, 0.3) is 5.91 Å². The molecule has 3 N–H and O–H groups in total.